The number of esters is 1. The van der Waals surface area contributed by atoms with E-state index in [2.05, 4.69) is 5.32 Å². The third-order valence-electron chi connectivity index (χ3n) is 2.73. The summed E-state index contributed by atoms with van der Waals surface area (Å²) in [6.45, 7) is 0. The van der Waals surface area contributed by atoms with Crippen LogP contribution in [-0.2, 0) is 4.79 Å². The summed E-state index contributed by atoms with van der Waals surface area (Å²) >= 11 is 6.12. The highest BCUT2D eigenvalue weighted by atomic mass is 32.2. The second-order valence-corrected chi connectivity index (χ2v) is 6.01. The number of carbonyl (C=O) groups excluding carboxylic acids is 2. The molecule has 7 heteroatoms. The van der Waals surface area contributed by atoms with Crippen LogP contribution >= 0.6 is 24.0 Å². The van der Waals surface area contributed by atoms with Crippen molar-refractivity contribution in [1.29, 1.82) is 0 Å². The summed E-state index contributed by atoms with van der Waals surface area (Å²) in [7, 11) is 0. The van der Waals surface area contributed by atoms with Gasteiger partial charge in [0.15, 0.2) is 0 Å². The number of hydrogen-bond acceptors (Lipinski definition) is 6. The second-order valence-electron chi connectivity index (χ2n) is 4.29. The van der Waals surface area contributed by atoms with Crippen molar-refractivity contribution in [2.24, 2.45) is 0 Å². The zero-order valence-corrected chi connectivity index (χ0v) is 12.7. The number of amides is 1. The van der Waals surface area contributed by atoms with Crippen LogP contribution in [0.25, 0.3) is 6.08 Å². The van der Waals surface area contributed by atoms with Crippen LogP contribution in [0.1, 0.15) is 16.1 Å². The molecule has 1 aromatic carbocycles. The molecule has 5 nitrogen and oxygen atoms in total. The zero-order valence-electron chi connectivity index (χ0n) is 11.1. The SMILES string of the molecule is O=C1NC(=S)SC1=Cc1cccc(OC(=O)c2ccco2)c1. The Bertz CT molecular complexity index is 781. The van der Waals surface area contributed by atoms with E-state index in [1.54, 1.807) is 36.4 Å². The molecule has 1 amide bonds. The van der Waals surface area contributed by atoms with Gasteiger partial charge in [0.05, 0.1) is 11.2 Å². The average Bonchev–Trinajstić information content (AvgIpc) is 3.10. The second kappa shape index (κ2) is 6.17. The fraction of sp³-hybridized carbons (Fsp3) is 0. The van der Waals surface area contributed by atoms with E-state index in [1.165, 1.54) is 24.1 Å². The summed E-state index contributed by atoms with van der Waals surface area (Å²) < 4.78 is 10.6. The zero-order chi connectivity index (χ0) is 15.5. The number of carbonyl (C=O) groups is 2. The molecular weight excluding hydrogens is 322 g/mol. The Morgan fingerprint density at radius 3 is 2.86 bits per heavy atom. The van der Waals surface area contributed by atoms with Crippen LogP contribution in [0, 0.1) is 0 Å². The maximum atomic E-state index is 11.8. The summed E-state index contributed by atoms with van der Waals surface area (Å²) in [6, 6.07) is 9.96. The lowest BCUT2D eigenvalue weighted by Gasteiger charge is -2.03. The molecule has 1 N–H and O–H groups in total. The molecule has 0 saturated carbocycles. The van der Waals surface area contributed by atoms with Crippen molar-refractivity contribution in [1.82, 2.24) is 5.32 Å². The first kappa shape index (κ1) is 14.6. The van der Waals surface area contributed by atoms with Gasteiger partial charge in [-0.25, -0.2) is 4.79 Å². The first-order valence-corrected chi connectivity index (χ1v) is 7.45. The Morgan fingerprint density at radius 2 is 2.18 bits per heavy atom. The highest BCUT2D eigenvalue weighted by Gasteiger charge is 2.22. The van der Waals surface area contributed by atoms with Crippen molar-refractivity contribution in [3.63, 3.8) is 0 Å². The Hall–Kier alpha value is -2.38. The minimum atomic E-state index is -0.580. The lowest BCUT2D eigenvalue weighted by molar-refractivity contribution is -0.115. The molecule has 110 valence electrons. The largest absolute Gasteiger partial charge is 0.457 e. The van der Waals surface area contributed by atoms with Crippen LogP contribution in [0.3, 0.4) is 0 Å². The lowest BCUT2D eigenvalue weighted by atomic mass is 10.2. The monoisotopic (exact) mass is 331 g/mol. The van der Waals surface area contributed by atoms with Gasteiger partial charge in [-0.3, -0.25) is 4.79 Å². The first-order valence-electron chi connectivity index (χ1n) is 6.22. The van der Waals surface area contributed by atoms with E-state index in [0.29, 0.717) is 15.0 Å². The van der Waals surface area contributed by atoms with Crippen LogP contribution in [0.15, 0.2) is 52.0 Å². The molecule has 0 radical (unpaired) electrons. The Labute approximate surface area is 135 Å². The molecule has 0 spiro atoms. The fourth-order valence-electron chi connectivity index (χ4n) is 1.79. The number of ether oxygens (including phenoxy) is 1. The van der Waals surface area contributed by atoms with Gasteiger partial charge >= 0.3 is 5.97 Å². The number of rotatable bonds is 3. The number of thioether (sulfide) groups is 1. The van der Waals surface area contributed by atoms with E-state index < -0.39 is 5.97 Å². The predicted molar refractivity (Wildman–Crippen MR) is 86.4 cm³/mol. The normalized spacial score (nSPS) is 15.9. The van der Waals surface area contributed by atoms with Crippen molar-refractivity contribution in [2.75, 3.05) is 0 Å². The maximum Gasteiger partial charge on any atom is 0.379 e. The average molecular weight is 331 g/mol. The number of furan rings is 1. The Morgan fingerprint density at radius 1 is 1.32 bits per heavy atom. The highest BCUT2D eigenvalue weighted by molar-refractivity contribution is 8.26. The van der Waals surface area contributed by atoms with E-state index >= 15 is 0 Å². The number of hydrogen-bond donors (Lipinski definition) is 1. The molecular formula is C15H9NO4S2. The van der Waals surface area contributed by atoms with Crippen LogP contribution in [0.4, 0.5) is 0 Å². The van der Waals surface area contributed by atoms with Crippen molar-refractivity contribution < 1.29 is 18.7 Å². The van der Waals surface area contributed by atoms with E-state index in [1.807, 2.05) is 0 Å². The number of nitrogens with one attached hydrogen (secondary N) is 1. The van der Waals surface area contributed by atoms with Crippen molar-refractivity contribution in [3.8, 4) is 5.75 Å². The smallest absolute Gasteiger partial charge is 0.379 e. The third kappa shape index (κ3) is 3.26. The molecule has 1 fully saturated rings. The van der Waals surface area contributed by atoms with Gasteiger partial charge in [-0.15, -0.1) is 0 Å². The van der Waals surface area contributed by atoms with Crippen LogP contribution in [-0.4, -0.2) is 16.2 Å². The molecule has 1 aliphatic rings. The molecule has 1 saturated heterocycles. The number of thiocarbonyl (C=S) groups is 1. The fourth-order valence-corrected chi connectivity index (χ4v) is 2.84. The Balaban J connectivity index is 1.78. The van der Waals surface area contributed by atoms with Crippen LogP contribution < -0.4 is 10.1 Å². The van der Waals surface area contributed by atoms with E-state index in [4.69, 9.17) is 21.4 Å². The molecule has 2 heterocycles. The van der Waals surface area contributed by atoms with Gasteiger partial charge in [-0.2, -0.15) is 0 Å². The molecule has 2 aromatic rings. The van der Waals surface area contributed by atoms with E-state index in [9.17, 15) is 9.59 Å². The van der Waals surface area contributed by atoms with Gasteiger partial charge in [0.1, 0.15) is 10.1 Å². The summed E-state index contributed by atoms with van der Waals surface area (Å²) in [5, 5.41) is 2.54. The molecule has 0 unspecified atom stereocenters. The van der Waals surface area contributed by atoms with E-state index in [-0.39, 0.29) is 11.7 Å². The minimum Gasteiger partial charge on any atom is -0.457 e. The van der Waals surface area contributed by atoms with Crippen molar-refractivity contribution >= 4 is 46.3 Å². The topological polar surface area (TPSA) is 68.5 Å². The van der Waals surface area contributed by atoms with Gasteiger partial charge < -0.3 is 14.5 Å². The minimum absolute atomic E-state index is 0.125. The summed E-state index contributed by atoms with van der Waals surface area (Å²) in [5.41, 5.74) is 0.729. The summed E-state index contributed by atoms with van der Waals surface area (Å²) in [6.07, 6.45) is 3.08. The maximum absolute atomic E-state index is 11.8. The van der Waals surface area contributed by atoms with Gasteiger partial charge in [0, 0.05) is 0 Å². The van der Waals surface area contributed by atoms with E-state index in [0.717, 1.165) is 5.56 Å². The van der Waals surface area contributed by atoms with Gasteiger partial charge in [0.2, 0.25) is 5.76 Å². The molecule has 0 aliphatic carbocycles. The highest BCUT2D eigenvalue weighted by Crippen LogP contribution is 2.27. The summed E-state index contributed by atoms with van der Waals surface area (Å²) in [4.78, 5) is 23.9. The molecule has 3 rings (SSSR count). The van der Waals surface area contributed by atoms with Crippen molar-refractivity contribution in [3.05, 3.63) is 58.9 Å². The third-order valence-corrected chi connectivity index (χ3v) is 3.89. The summed E-state index contributed by atoms with van der Waals surface area (Å²) in [5.74, 6) is -0.321. The predicted octanol–water partition coefficient (Wildman–Crippen LogP) is 2.99. The molecule has 0 atom stereocenters. The quantitative estimate of drug-likeness (QED) is 0.404. The first-order chi connectivity index (χ1) is 10.6. The molecule has 1 aliphatic heterocycles. The number of benzene rings is 1. The van der Waals surface area contributed by atoms with Crippen LogP contribution in [0.5, 0.6) is 5.75 Å². The molecule has 22 heavy (non-hydrogen) atoms. The molecule has 1 aromatic heterocycles. The van der Waals surface area contributed by atoms with Gasteiger partial charge in [-0.05, 0) is 35.9 Å². The standard InChI is InChI=1S/C15H9NO4S2/c17-13-12(22-15(21)16-13)8-9-3-1-4-10(7-9)20-14(18)11-5-2-6-19-11/h1-8H,(H,16,17,21). The van der Waals surface area contributed by atoms with Gasteiger partial charge in [0.25, 0.3) is 5.91 Å². The van der Waals surface area contributed by atoms with Crippen molar-refractivity contribution in [2.45, 2.75) is 0 Å². The lowest BCUT2D eigenvalue weighted by Crippen LogP contribution is -2.17. The Kier molecular flexibility index (Phi) is 4.08. The van der Waals surface area contributed by atoms with Gasteiger partial charge in [-0.1, -0.05) is 36.1 Å². The van der Waals surface area contributed by atoms with Crippen LogP contribution in [0.2, 0.25) is 0 Å². The molecule has 0 bridgehead atoms.